The van der Waals surface area contributed by atoms with E-state index in [0.29, 0.717) is 6.61 Å². The lowest BCUT2D eigenvalue weighted by Crippen LogP contribution is -2.15. The third-order valence-electron chi connectivity index (χ3n) is 3.38. The van der Waals surface area contributed by atoms with E-state index in [1.807, 2.05) is 45.0 Å². The second kappa shape index (κ2) is 8.86. The van der Waals surface area contributed by atoms with Crippen LogP contribution in [-0.2, 0) is 4.52 Å². The summed E-state index contributed by atoms with van der Waals surface area (Å²) < 4.78 is 17.1. The molecule has 1 unspecified atom stereocenters. The van der Waals surface area contributed by atoms with E-state index in [2.05, 4.69) is 30.8 Å². The molecule has 0 aliphatic rings. The number of rotatable bonds is 8. The van der Waals surface area contributed by atoms with E-state index >= 15 is 0 Å². The molecule has 0 amide bonds. The molecular weight excluding hydrogens is 319 g/mol. The maximum Gasteiger partial charge on any atom is 0.126 e. The van der Waals surface area contributed by atoms with Gasteiger partial charge in [0.2, 0.25) is 0 Å². The van der Waals surface area contributed by atoms with E-state index in [1.165, 1.54) is 0 Å². The van der Waals surface area contributed by atoms with Crippen molar-refractivity contribution in [1.82, 2.24) is 0 Å². The molecule has 128 valence electrons. The minimum Gasteiger partial charge on any atom is -0.497 e. The largest absolute Gasteiger partial charge is 0.497 e. The fourth-order valence-electron chi connectivity index (χ4n) is 2.33. The zero-order chi connectivity index (χ0) is 17.5. The maximum absolute atomic E-state index is 6.06. The van der Waals surface area contributed by atoms with Crippen molar-refractivity contribution in [3.05, 3.63) is 54.6 Å². The van der Waals surface area contributed by atoms with Crippen LogP contribution in [0.4, 0.5) is 0 Å². The van der Waals surface area contributed by atoms with Crippen molar-refractivity contribution in [2.75, 3.05) is 13.7 Å². The molecule has 3 nitrogen and oxygen atoms in total. The Hall–Kier alpha value is -1.83. The predicted octanol–water partition coefficient (Wildman–Crippen LogP) is 4.51. The SMILES string of the molecule is C=Cc1cc(P(OCC)c2ccc(OC)cc2)ccc1OC(C)C. The van der Waals surface area contributed by atoms with Crippen LogP contribution in [0.15, 0.2) is 49.0 Å². The second-order valence-electron chi connectivity index (χ2n) is 5.50. The topological polar surface area (TPSA) is 27.7 Å². The Kier molecular flexibility index (Phi) is 6.84. The van der Waals surface area contributed by atoms with Gasteiger partial charge >= 0.3 is 0 Å². The van der Waals surface area contributed by atoms with E-state index in [0.717, 1.165) is 27.7 Å². The summed E-state index contributed by atoms with van der Waals surface area (Å²) in [4.78, 5) is 0. The molecule has 0 heterocycles. The van der Waals surface area contributed by atoms with Crippen molar-refractivity contribution in [3.63, 3.8) is 0 Å². The van der Waals surface area contributed by atoms with Gasteiger partial charge in [-0.2, -0.15) is 0 Å². The Morgan fingerprint density at radius 3 is 2.29 bits per heavy atom. The van der Waals surface area contributed by atoms with E-state index in [1.54, 1.807) is 7.11 Å². The molecule has 0 aromatic heterocycles. The molecule has 0 spiro atoms. The molecule has 0 fully saturated rings. The van der Waals surface area contributed by atoms with Gasteiger partial charge in [-0.25, -0.2) is 0 Å². The van der Waals surface area contributed by atoms with Crippen molar-refractivity contribution in [2.45, 2.75) is 26.9 Å². The molecule has 1 atom stereocenters. The van der Waals surface area contributed by atoms with Crippen LogP contribution in [0.2, 0.25) is 0 Å². The van der Waals surface area contributed by atoms with Gasteiger partial charge in [0.15, 0.2) is 0 Å². The molecule has 0 aliphatic carbocycles. The average Bonchev–Trinajstić information content (AvgIpc) is 2.60. The summed E-state index contributed by atoms with van der Waals surface area (Å²) >= 11 is 0. The third-order valence-corrected chi connectivity index (χ3v) is 5.41. The van der Waals surface area contributed by atoms with Gasteiger partial charge in [0.05, 0.1) is 21.4 Å². The predicted molar refractivity (Wildman–Crippen MR) is 103 cm³/mol. The molecule has 24 heavy (non-hydrogen) atoms. The van der Waals surface area contributed by atoms with Crippen LogP contribution in [0.1, 0.15) is 26.3 Å². The molecule has 0 aliphatic heterocycles. The minimum atomic E-state index is -0.882. The highest BCUT2D eigenvalue weighted by Gasteiger charge is 2.17. The fourth-order valence-corrected chi connectivity index (χ4v) is 4.07. The zero-order valence-electron chi connectivity index (χ0n) is 14.8. The van der Waals surface area contributed by atoms with Crippen LogP contribution < -0.4 is 20.1 Å². The van der Waals surface area contributed by atoms with E-state index in [4.69, 9.17) is 14.0 Å². The van der Waals surface area contributed by atoms with Crippen LogP contribution in [0.25, 0.3) is 6.08 Å². The first-order valence-corrected chi connectivity index (χ1v) is 9.35. The Morgan fingerprint density at radius 1 is 1.08 bits per heavy atom. The molecule has 0 saturated carbocycles. The van der Waals surface area contributed by atoms with Gasteiger partial charge in [-0.05, 0) is 63.2 Å². The van der Waals surface area contributed by atoms with Crippen molar-refractivity contribution in [1.29, 1.82) is 0 Å². The quantitative estimate of drug-likeness (QED) is 0.660. The number of hydrogen-bond acceptors (Lipinski definition) is 3. The first kappa shape index (κ1) is 18.5. The Labute approximate surface area is 146 Å². The average molecular weight is 344 g/mol. The highest BCUT2D eigenvalue weighted by atomic mass is 31.1. The summed E-state index contributed by atoms with van der Waals surface area (Å²) in [6.07, 6.45) is 1.96. The third kappa shape index (κ3) is 4.59. The van der Waals surface area contributed by atoms with Gasteiger partial charge in [0, 0.05) is 22.8 Å². The van der Waals surface area contributed by atoms with Crippen molar-refractivity contribution < 1.29 is 14.0 Å². The fraction of sp³-hybridized carbons (Fsp3) is 0.300. The lowest BCUT2D eigenvalue weighted by atomic mass is 10.2. The van der Waals surface area contributed by atoms with Gasteiger partial charge in [-0.1, -0.05) is 12.7 Å². The van der Waals surface area contributed by atoms with Gasteiger partial charge < -0.3 is 14.0 Å². The molecule has 0 radical (unpaired) electrons. The molecule has 2 rings (SSSR count). The number of hydrogen-bond donors (Lipinski definition) is 0. The van der Waals surface area contributed by atoms with Crippen LogP contribution in [0.3, 0.4) is 0 Å². The van der Waals surface area contributed by atoms with E-state index < -0.39 is 8.15 Å². The molecule has 0 saturated heterocycles. The van der Waals surface area contributed by atoms with Crippen molar-refractivity contribution >= 4 is 24.8 Å². The monoisotopic (exact) mass is 344 g/mol. The molecule has 0 bridgehead atoms. The summed E-state index contributed by atoms with van der Waals surface area (Å²) in [7, 11) is 0.789. The number of benzene rings is 2. The lowest BCUT2D eigenvalue weighted by Gasteiger charge is -2.20. The Morgan fingerprint density at radius 2 is 1.75 bits per heavy atom. The molecule has 2 aromatic rings. The molecule has 2 aromatic carbocycles. The smallest absolute Gasteiger partial charge is 0.126 e. The molecule has 0 N–H and O–H groups in total. The van der Waals surface area contributed by atoms with E-state index in [9.17, 15) is 0 Å². The highest BCUT2D eigenvalue weighted by molar-refractivity contribution is 7.68. The second-order valence-corrected chi connectivity index (χ2v) is 7.38. The van der Waals surface area contributed by atoms with Crippen LogP contribution in [0, 0.1) is 0 Å². The lowest BCUT2D eigenvalue weighted by molar-refractivity contribution is 0.242. The van der Waals surface area contributed by atoms with Gasteiger partial charge in [0.1, 0.15) is 11.5 Å². The summed E-state index contributed by atoms with van der Waals surface area (Å²) in [5.74, 6) is 1.70. The van der Waals surface area contributed by atoms with Crippen LogP contribution in [0.5, 0.6) is 11.5 Å². The highest BCUT2D eigenvalue weighted by Crippen LogP contribution is 2.37. The minimum absolute atomic E-state index is 0.129. The summed E-state index contributed by atoms with van der Waals surface area (Å²) in [5, 5.41) is 2.29. The van der Waals surface area contributed by atoms with Gasteiger partial charge in [-0.3, -0.25) is 0 Å². The molecule has 4 heteroatoms. The standard InChI is InChI=1S/C20H25O3P/c1-6-16-14-19(12-13-20(16)23-15(3)4)24(22-7-2)18-10-8-17(21-5)9-11-18/h6,8-15H,1,7H2,2-5H3. The summed E-state index contributed by atoms with van der Waals surface area (Å²) in [5.41, 5.74) is 0.988. The normalized spacial score (nSPS) is 12.0. The summed E-state index contributed by atoms with van der Waals surface area (Å²) in [6, 6.07) is 14.2. The van der Waals surface area contributed by atoms with Crippen molar-refractivity contribution in [3.8, 4) is 11.5 Å². The van der Waals surface area contributed by atoms with Crippen molar-refractivity contribution in [2.24, 2.45) is 0 Å². The maximum atomic E-state index is 6.06. The first-order chi connectivity index (χ1) is 11.6. The number of ether oxygens (including phenoxy) is 2. The Bertz CT molecular complexity index is 665. The molecular formula is C20H25O3P. The number of methoxy groups -OCH3 is 1. The van der Waals surface area contributed by atoms with Crippen LogP contribution in [-0.4, -0.2) is 19.8 Å². The van der Waals surface area contributed by atoms with Gasteiger partial charge in [-0.15, -0.1) is 0 Å². The van der Waals surface area contributed by atoms with E-state index in [-0.39, 0.29) is 6.10 Å². The van der Waals surface area contributed by atoms with Gasteiger partial charge in [0.25, 0.3) is 0 Å². The first-order valence-electron chi connectivity index (χ1n) is 8.09. The Balaban J connectivity index is 2.37. The summed E-state index contributed by atoms with van der Waals surface area (Å²) in [6.45, 7) is 10.6. The zero-order valence-corrected chi connectivity index (χ0v) is 15.7. The van der Waals surface area contributed by atoms with Crippen LogP contribution >= 0.6 is 8.15 Å².